The summed E-state index contributed by atoms with van der Waals surface area (Å²) in [6.07, 6.45) is 13.6. The average Bonchev–Trinajstić information content (AvgIpc) is 2.56. The average molecular weight is 289 g/mol. The van der Waals surface area contributed by atoms with E-state index in [0.717, 1.165) is 23.7 Å². The molecule has 0 N–H and O–H groups in total. The quantitative estimate of drug-likeness (QED) is 0.497. The van der Waals surface area contributed by atoms with Crippen LogP contribution < -0.4 is 0 Å². The number of allylic oxidation sites excluding steroid dienone is 4. The first-order valence-electron chi connectivity index (χ1n) is 9.38. The van der Waals surface area contributed by atoms with Crippen molar-refractivity contribution in [2.75, 3.05) is 0 Å². The molecule has 1 saturated carbocycles. The van der Waals surface area contributed by atoms with Crippen LogP contribution in [0.15, 0.2) is 22.8 Å². The fourth-order valence-electron chi connectivity index (χ4n) is 3.97. The van der Waals surface area contributed by atoms with E-state index in [1.165, 1.54) is 51.4 Å². The van der Waals surface area contributed by atoms with Crippen molar-refractivity contribution in [2.24, 2.45) is 23.7 Å². The summed E-state index contributed by atoms with van der Waals surface area (Å²) in [4.78, 5) is 0. The zero-order valence-electron chi connectivity index (χ0n) is 15.0. The van der Waals surface area contributed by atoms with E-state index in [2.05, 4.69) is 40.7 Å². The van der Waals surface area contributed by atoms with E-state index in [0.29, 0.717) is 0 Å². The molecule has 0 heteroatoms. The standard InChI is InChI=1S/C21H36/c1-15(2)8-6-11-21-18(5)16(3)9-7-10-20(21)14-19-13-12-17(19)4/h10,15-17,19H,6-9,11-14H2,1-5H3. The van der Waals surface area contributed by atoms with Gasteiger partial charge in [0.05, 0.1) is 0 Å². The first-order valence-corrected chi connectivity index (χ1v) is 9.38. The summed E-state index contributed by atoms with van der Waals surface area (Å²) in [5.41, 5.74) is 5.19. The fraction of sp³-hybridized carbons (Fsp3) is 0.810. The number of hydrogen-bond donors (Lipinski definition) is 0. The summed E-state index contributed by atoms with van der Waals surface area (Å²) < 4.78 is 0. The Morgan fingerprint density at radius 3 is 2.48 bits per heavy atom. The van der Waals surface area contributed by atoms with Crippen molar-refractivity contribution >= 4 is 0 Å². The number of rotatable bonds is 6. The van der Waals surface area contributed by atoms with Crippen LogP contribution in [0, 0.1) is 23.7 Å². The molecular weight excluding hydrogens is 252 g/mol. The minimum atomic E-state index is 0.784. The van der Waals surface area contributed by atoms with Crippen molar-refractivity contribution < 1.29 is 0 Å². The van der Waals surface area contributed by atoms with Gasteiger partial charge in [-0.3, -0.25) is 0 Å². The van der Waals surface area contributed by atoms with Crippen molar-refractivity contribution in [2.45, 2.75) is 86.0 Å². The SMILES string of the molecule is CC1=C(CCCC(C)C)C(CC2CCC2C)=CCCC1C. The van der Waals surface area contributed by atoms with E-state index in [4.69, 9.17) is 0 Å². The Hall–Kier alpha value is -0.520. The van der Waals surface area contributed by atoms with Crippen LogP contribution in [0.25, 0.3) is 0 Å². The third kappa shape index (κ3) is 4.47. The van der Waals surface area contributed by atoms with Crippen LogP contribution in [-0.4, -0.2) is 0 Å². The molecule has 120 valence electrons. The van der Waals surface area contributed by atoms with Crippen LogP contribution >= 0.6 is 0 Å². The van der Waals surface area contributed by atoms with E-state index < -0.39 is 0 Å². The fourth-order valence-corrected chi connectivity index (χ4v) is 3.97. The molecule has 3 unspecified atom stereocenters. The van der Waals surface area contributed by atoms with E-state index in [9.17, 15) is 0 Å². The zero-order valence-corrected chi connectivity index (χ0v) is 15.0. The van der Waals surface area contributed by atoms with Gasteiger partial charge in [0.2, 0.25) is 0 Å². The summed E-state index contributed by atoms with van der Waals surface area (Å²) in [7, 11) is 0. The van der Waals surface area contributed by atoms with Crippen LogP contribution in [0.5, 0.6) is 0 Å². The molecule has 0 aromatic heterocycles. The molecule has 0 nitrogen and oxygen atoms in total. The Balaban J connectivity index is 2.07. The normalized spacial score (nSPS) is 30.2. The summed E-state index contributed by atoms with van der Waals surface area (Å²) in [6, 6.07) is 0. The van der Waals surface area contributed by atoms with E-state index in [1.54, 1.807) is 16.7 Å². The lowest BCUT2D eigenvalue weighted by Gasteiger charge is -2.35. The molecule has 2 aliphatic rings. The second-order valence-corrected chi connectivity index (χ2v) is 8.17. The summed E-state index contributed by atoms with van der Waals surface area (Å²) in [6.45, 7) is 12.0. The second-order valence-electron chi connectivity index (χ2n) is 8.17. The molecule has 2 rings (SSSR count). The molecule has 0 aromatic rings. The maximum atomic E-state index is 2.60. The minimum Gasteiger partial charge on any atom is -0.0810 e. The van der Waals surface area contributed by atoms with Gasteiger partial charge in [-0.15, -0.1) is 0 Å². The highest BCUT2D eigenvalue weighted by Crippen LogP contribution is 2.42. The second kappa shape index (κ2) is 7.65. The summed E-state index contributed by atoms with van der Waals surface area (Å²) >= 11 is 0. The summed E-state index contributed by atoms with van der Waals surface area (Å²) in [5, 5.41) is 0. The van der Waals surface area contributed by atoms with Gasteiger partial charge in [-0.2, -0.15) is 0 Å². The van der Waals surface area contributed by atoms with Crippen LogP contribution in [-0.2, 0) is 0 Å². The maximum absolute atomic E-state index is 2.60. The first kappa shape index (κ1) is 16.8. The highest BCUT2D eigenvalue weighted by Gasteiger charge is 2.29. The van der Waals surface area contributed by atoms with E-state index in [1.807, 2.05) is 0 Å². The minimum absolute atomic E-state index is 0.784. The van der Waals surface area contributed by atoms with E-state index >= 15 is 0 Å². The van der Waals surface area contributed by atoms with Gasteiger partial charge in [0.25, 0.3) is 0 Å². The predicted octanol–water partition coefficient (Wildman–Crippen LogP) is 6.92. The number of hydrogen-bond acceptors (Lipinski definition) is 0. The Morgan fingerprint density at radius 2 is 1.90 bits per heavy atom. The monoisotopic (exact) mass is 288 g/mol. The van der Waals surface area contributed by atoms with Gasteiger partial charge >= 0.3 is 0 Å². The van der Waals surface area contributed by atoms with Gasteiger partial charge in [0, 0.05) is 0 Å². The Morgan fingerprint density at radius 1 is 1.14 bits per heavy atom. The highest BCUT2D eigenvalue weighted by molar-refractivity contribution is 5.37. The highest BCUT2D eigenvalue weighted by atomic mass is 14.3. The molecule has 0 amide bonds. The molecule has 0 aromatic carbocycles. The molecule has 0 bridgehead atoms. The van der Waals surface area contributed by atoms with Crippen LogP contribution in [0.1, 0.15) is 86.0 Å². The molecule has 0 radical (unpaired) electrons. The lowest BCUT2D eigenvalue weighted by atomic mass is 9.70. The van der Waals surface area contributed by atoms with Gasteiger partial charge in [-0.05, 0) is 80.3 Å². The van der Waals surface area contributed by atoms with Crippen LogP contribution in [0.3, 0.4) is 0 Å². The molecule has 0 aliphatic heterocycles. The maximum Gasteiger partial charge on any atom is -0.0226 e. The lowest BCUT2D eigenvalue weighted by Crippen LogP contribution is -2.23. The van der Waals surface area contributed by atoms with Crippen molar-refractivity contribution in [1.29, 1.82) is 0 Å². The first-order chi connectivity index (χ1) is 9.99. The van der Waals surface area contributed by atoms with Crippen molar-refractivity contribution in [3.05, 3.63) is 22.8 Å². The van der Waals surface area contributed by atoms with Crippen molar-refractivity contribution in [3.63, 3.8) is 0 Å². The lowest BCUT2D eigenvalue weighted by molar-refractivity contribution is 0.196. The summed E-state index contributed by atoms with van der Waals surface area (Å²) in [5.74, 6) is 3.56. The smallest absolute Gasteiger partial charge is 0.0226 e. The van der Waals surface area contributed by atoms with Crippen LogP contribution in [0.4, 0.5) is 0 Å². The molecule has 0 saturated heterocycles. The molecule has 2 aliphatic carbocycles. The van der Waals surface area contributed by atoms with Gasteiger partial charge in [0.1, 0.15) is 0 Å². The van der Waals surface area contributed by atoms with Gasteiger partial charge in [-0.25, -0.2) is 0 Å². The molecule has 0 heterocycles. The predicted molar refractivity (Wildman–Crippen MR) is 94.4 cm³/mol. The topological polar surface area (TPSA) is 0 Å². The van der Waals surface area contributed by atoms with Gasteiger partial charge in [-0.1, -0.05) is 52.2 Å². The molecule has 21 heavy (non-hydrogen) atoms. The molecular formula is C21H36. The van der Waals surface area contributed by atoms with Crippen molar-refractivity contribution in [1.82, 2.24) is 0 Å². The Bertz CT molecular complexity index is 396. The Kier molecular flexibility index (Phi) is 6.14. The third-order valence-corrected chi connectivity index (χ3v) is 6.08. The third-order valence-electron chi connectivity index (χ3n) is 6.08. The van der Waals surface area contributed by atoms with E-state index in [-0.39, 0.29) is 0 Å². The van der Waals surface area contributed by atoms with Gasteiger partial charge < -0.3 is 0 Å². The van der Waals surface area contributed by atoms with Gasteiger partial charge in [0.15, 0.2) is 0 Å². The Labute approximate surface area is 133 Å². The molecule has 3 atom stereocenters. The van der Waals surface area contributed by atoms with Crippen molar-refractivity contribution in [3.8, 4) is 0 Å². The molecule has 1 fully saturated rings. The largest absolute Gasteiger partial charge is 0.0810 e. The van der Waals surface area contributed by atoms with Crippen LogP contribution in [0.2, 0.25) is 0 Å². The molecule has 0 spiro atoms. The zero-order chi connectivity index (χ0) is 15.4.